The van der Waals surface area contributed by atoms with Gasteiger partial charge in [0.15, 0.2) is 0 Å². The standard InChI is InChI=1S/C38H34F3N5O5S/c1-42-33-12-6-24(20-43-33)23-5-8-28(29(19-23)38(39,40)41)36-44-30-10-4-22(17-32(30)52-36)3-2-14-50-15-16-51-26-7-9-27-25(18-26)21-46(37(27)49)31-11-13-34(47)45-35(31)48/h4-10,12,17-20,31H,2-3,11,13-16,21H2,1H3,(H,42,43)(H,45,47,48). The van der Waals surface area contributed by atoms with E-state index in [1.54, 1.807) is 49.6 Å². The molecular weight excluding hydrogens is 696 g/mol. The number of fused-ring (bicyclic) bond motifs is 2. The van der Waals surface area contributed by atoms with Gasteiger partial charge in [-0.2, -0.15) is 13.2 Å². The highest BCUT2D eigenvalue weighted by molar-refractivity contribution is 7.21. The molecule has 0 spiro atoms. The summed E-state index contributed by atoms with van der Waals surface area (Å²) < 4.78 is 55.2. The van der Waals surface area contributed by atoms with Crippen molar-refractivity contribution in [3.8, 4) is 27.4 Å². The molecule has 10 nitrogen and oxygen atoms in total. The van der Waals surface area contributed by atoms with Gasteiger partial charge in [-0.3, -0.25) is 19.7 Å². The summed E-state index contributed by atoms with van der Waals surface area (Å²) in [6.45, 7) is 1.42. The second-order valence-electron chi connectivity index (χ2n) is 12.5. The number of amides is 3. The summed E-state index contributed by atoms with van der Waals surface area (Å²) in [5.74, 6) is 0.205. The Morgan fingerprint density at radius 3 is 2.56 bits per heavy atom. The van der Waals surface area contributed by atoms with Crippen LogP contribution in [0.3, 0.4) is 0 Å². The monoisotopic (exact) mass is 729 g/mol. The van der Waals surface area contributed by atoms with Crippen LogP contribution in [0.4, 0.5) is 19.0 Å². The summed E-state index contributed by atoms with van der Waals surface area (Å²) in [5, 5.41) is 5.51. The third kappa shape index (κ3) is 7.48. The lowest BCUT2D eigenvalue weighted by molar-refractivity contribution is -0.138. The number of benzene rings is 3. The van der Waals surface area contributed by atoms with E-state index in [4.69, 9.17) is 9.47 Å². The molecule has 0 bridgehead atoms. The average molecular weight is 730 g/mol. The molecule has 1 atom stereocenters. The maximum absolute atomic E-state index is 14.3. The number of piperidine rings is 1. The van der Waals surface area contributed by atoms with Crippen LogP contribution >= 0.6 is 11.3 Å². The molecule has 268 valence electrons. The van der Waals surface area contributed by atoms with E-state index in [-0.39, 0.29) is 30.3 Å². The Morgan fingerprint density at radius 2 is 1.79 bits per heavy atom. The van der Waals surface area contributed by atoms with Crippen molar-refractivity contribution in [1.82, 2.24) is 20.2 Å². The Bertz CT molecular complexity index is 2150. The molecule has 2 N–H and O–H groups in total. The molecule has 2 aliphatic heterocycles. The van der Waals surface area contributed by atoms with E-state index in [9.17, 15) is 27.6 Å². The predicted octanol–water partition coefficient (Wildman–Crippen LogP) is 6.88. The number of rotatable bonds is 12. The number of carbonyl (C=O) groups is 3. The number of aromatic nitrogens is 2. The van der Waals surface area contributed by atoms with Gasteiger partial charge in [0.05, 0.1) is 22.4 Å². The van der Waals surface area contributed by atoms with Crippen molar-refractivity contribution >= 4 is 45.1 Å². The molecule has 1 saturated heterocycles. The lowest BCUT2D eigenvalue weighted by atomic mass is 10.00. The molecule has 3 amide bonds. The molecule has 5 aromatic rings. The van der Waals surface area contributed by atoms with Gasteiger partial charge in [-0.05, 0) is 84.5 Å². The lowest BCUT2D eigenvalue weighted by Gasteiger charge is -2.29. The van der Waals surface area contributed by atoms with E-state index >= 15 is 0 Å². The van der Waals surface area contributed by atoms with Gasteiger partial charge in [0.25, 0.3) is 5.91 Å². The minimum atomic E-state index is -4.57. The van der Waals surface area contributed by atoms with Crippen LogP contribution in [0.1, 0.15) is 46.3 Å². The van der Waals surface area contributed by atoms with Gasteiger partial charge in [-0.25, -0.2) is 9.97 Å². The molecule has 2 aliphatic rings. The number of thiazole rings is 1. The van der Waals surface area contributed by atoms with Crippen LogP contribution in [0.25, 0.3) is 31.9 Å². The van der Waals surface area contributed by atoms with Crippen LogP contribution in [-0.2, 0) is 33.5 Å². The summed E-state index contributed by atoms with van der Waals surface area (Å²) in [5.41, 5.74) is 3.26. The number of anilines is 1. The fourth-order valence-corrected chi connectivity index (χ4v) is 7.51. The fourth-order valence-electron chi connectivity index (χ4n) is 6.44. The van der Waals surface area contributed by atoms with Crippen LogP contribution in [0, 0.1) is 0 Å². The number of nitrogens with zero attached hydrogens (tertiary/aromatic N) is 3. The van der Waals surface area contributed by atoms with E-state index in [1.165, 1.54) is 22.3 Å². The van der Waals surface area contributed by atoms with E-state index in [0.717, 1.165) is 34.7 Å². The zero-order valence-electron chi connectivity index (χ0n) is 28.1. The normalized spacial score (nSPS) is 16.0. The highest BCUT2D eigenvalue weighted by atomic mass is 32.1. The van der Waals surface area contributed by atoms with Crippen LogP contribution in [0.2, 0.25) is 0 Å². The van der Waals surface area contributed by atoms with E-state index in [1.807, 2.05) is 18.2 Å². The summed E-state index contributed by atoms with van der Waals surface area (Å²) in [4.78, 5) is 46.9. The molecule has 0 aliphatic carbocycles. The summed E-state index contributed by atoms with van der Waals surface area (Å²) in [6, 6.07) is 18.0. The summed E-state index contributed by atoms with van der Waals surface area (Å²) >= 11 is 1.23. The van der Waals surface area contributed by atoms with E-state index < -0.39 is 23.7 Å². The SMILES string of the molecule is CNc1ccc(-c2ccc(-c3nc4ccc(CCCOCCOc5ccc6c(c5)CN(C5CCC(=O)NC5=O)C6=O)cc4s3)c(C(F)(F)F)c2)cn1. The smallest absolute Gasteiger partial charge is 0.417 e. The lowest BCUT2D eigenvalue weighted by Crippen LogP contribution is -2.52. The second-order valence-corrected chi connectivity index (χ2v) is 13.6. The van der Waals surface area contributed by atoms with E-state index in [0.29, 0.717) is 65.0 Å². The zero-order chi connectivity index (χ0) is 36.4. The molecule has 3 aromatic carbocycles. The van der Waals surface area contributed by atoms with Gasteiger partial charge < -0.3 is 19.7 Å². The topological polar surface area (TPSA) is 123 Å². The number of hydrogen-bond acceptors (Lipinski definition) is 9. The molecule has 52 heavy (non-hydrogen) atoms. The first-order valence-electron chi connectivity index (χ1n) is 16.8. The molecule has 1 unspecified atom stereocenters. The van der Waals surface area contributed by atoms with E-state index in [2.05, 4.69) is 20.6 Å². The number of alkyl halides is 3. The van der Waals surface area contributed by atoms with Crippen molar-refractivity contribution in [2.24, 2.45) is 0 Å². The number of nitrogens with one attached hydrogen (secondary N) is 2. The minimum Gasteiger partial charge on any atom is -0.491 e. The highest BCUT2D eigenvalue weighted by Crippen LogP contribution is 2.42. The maximum atomic E-state index is 14.3. The number of carbonyl (C=O) groups excluding carboxylic acids is 3. The van der Waals surface area contributed by atoms with Crippen LogP contribution < -0.4 is 15.4 Å². The first kappa shape index (κ1) is 35.1. The largest absolute Gasteiger partial charge is 0.491 e. The van der Waals surface area contributed by atoms with Crippen molar-refractivity contribution < 1.29 is 37.0 Å². The molecular formula is C38H34F3N5O5S. The minimum absolute atomic E-state index is 0.0389. The summed E-state index contributed by atoms with van der Waals surface area (Å²) in [7, 11) is 1.72. The number of hydrogen-bond donors (Lipinski definition) is 2. The van der Waals surface area contributed by atoms with Crippen molar-refractivity contribution in [3.05, 3.63) is 95.2 Å². The predicted molar refractivity (Wildman–Crippen MR) is 190 cm³/mol. The molecule has 1 fully saturated rings. The number of imide groups is 1. The molecule has 0 saturated carbocycles. The Morgan fingerprint density at radius 1 is 0.962 bits per heavy atom. The molecule has 7 rings (SSSR count). The highest BCUT2D eigenvalue weighted by Gasteiger charge is 2.39. The van der Waals surface area contributed by atoms with Crippen molar-refractivity contribution in [2.45, 2.75) is 44.4 Å². The van der Waals surface area contributed by atoms with Crippen LogP contribution in [-0.4, -0.2) is 65.5 Å². The van der Waals surface area contributed by atoms with Gasteiger partial charge in [0, 0.05) is 49.5 Å². The molecule has 4 heterocycles. The van der Waals surface area contributed by atoms with Gasteiger partial charge in [0.1, 0.15) is 29.2 Å². The molecule has 14 heteroatoms. The first-order valence-corrected chi connectivity index (χ1v) is 17.6. The fraction of sp³-hybridized carbons (Fsp3) is 0.289. The Kier molecular flexibility index (Phi) is 9.93. The molecule has 0 radical (unpaired) electrons. The first-order chi connectivity index (χ1) is 25.1. The van der Waals surface area contributed by atoms with Crippen LogP contribution in [0.15, 0.2) is 72.9 Å². The quantitative estimate of drug-likeness (QED) is 0.105. The third-order valence-corrected chi connectivity index (χ3v) is 10.2. The van der Waals surface area contributed by atoms with Crippen molar-refractivity contribution in [3.63, 3.8) is 0 Å². The van der Waals surface area contributed by atoms with Crippen molar-refractivity contribution in [2.75, 3.05) is 32.2 Å². The zero-order valence-corrected chi connectivity index (χ0v) is 28.9. The number of aryl methyl sites for hydroxylation is 1. The Labute approximate surface area is 301 Å². The molecule has 2 aromatic heterocycles. The van der Waals surface area contributed by atoms with Gasteiger partial charge in [-0.1, -0.05) is 18.2 Å². The van der Waals surface area contributed by atoms with Gasteiger partial charge in [-0.15, -0.1) is 11.3 Å². The second kappa shape index (κ2) is 14.7. The van der Waals surface area contributed by atoms with Crippen LogP contribution in [0.5, 0.6) is 5.75 Å². The average Bonchev–Trinajstić information content (AvgIpc) is 3.70. The maximum Gasteiger partial charge on any atom is 0.417 e. The Balaban J connectivity index is 0.902. The third-order valence-electron chi connectivity index (χ3n) is 9.11. The number of ether oxygens (including phenoxy) is 2. The number of pyridine rings is 1. The Hall–Kier alpha value is -5.34. The number of halogens is 3. The van der Waals surface area contributed by atoms with Crippen molar-refractivity contribution in [1.29, 1.82) is 0 Å². The van der Waals surface area contributed by atoms with Gasteiger partial charge >= 0.3 is 6.18 Å². The summed E-state index contributed by atoms with van der Waals surface area (Å²) in [6.07, 6.45) is -1.07. The van der Waals surface area contributed by atoms with Gasteiger partial charge in [0.2, 0.25) is 11.8 Å².